The van der Waals surface area contributed by atoms with Crippen molar-refractivity contribution in [3.05, 3.63) is 102 Å². The normalized spacial score (nSPS) is 15.3. The number of para-hydroxylation sites is 1. The summed E-state index contributed by atoms with van der Waals surface area (Å²) >= 11 is 0. The molecule has 3 aromatic carbocycles. The van der Waals surface area contributed by atoms with E-state index in [0.29, 0.717) is 30.3 Å². The lowest BCUT2D eigenvalue weighted by atomic mass is 9.77. The van der Waals surface area contributed by atoms with Crippen LogP contribution < -0.4 is 24.8 Å². The van der Waals surface area contributed by atoms with Crippen molar-refractivity contribution in [3.8, 4) is 17.2 Å². The van der Waals surface area contributed by atoms with E-state index in [1.165, 1.54) is 6.92 Å². The molecule has 46 heavy (non-hydrogen) atoms. The van der Waals surface area contributed by atoms with E-state index >= 15 is 0 Å². The van der Waals surface area contributed by atoms with Crippen molar-refractivity contribution in [2.24, 2.45) is 0 Å². The van der Waals surface area contributed by atoms with Crippen LogP contribution in [0.2, 0.25) is 0 Å². The SMILES string of the molecule is COc1cc(CNC(=O)C(c2c[nH]c3ccc(OC)cc23)C(NC(C)=O)(c2c[nH]c3ccccc23)N2CC=CCC2)cc(OC)c1. The van der Waals surface area contributed by atoms with E-state index in [1.807, 2.05) is 67.0 Å². The van der Waals surface area contributed by atoms with Crippen LogP contribution in [0.25, 0.3) is 21.8 Å². The van der Waals surface area contributed by atoms with Gasteiger partial charge in [-0.2, -0.15) is 0 Å². The van der Waals surface area contributed by atoms with Gasteiger partial charge in [0.1, 0.15) is 28.8 Å². The minimum atomic E-state index is -1.29. The van der Waals surface area contributed by atoms with Crippen molar-refractivity contribution in [2.75, 3.05) is 34.4 Å². The number of hydrogen-bond acceptors (Lipinski definition) is 6. The fourth-order valence-electron chi connectivity index (χ4n) is 6.65. The lowest BCUT2D eigenvalue weighted by Crippen LogP contribution is -2.64. The highest BCUT2D eigenvalue weighted by molar-refractivity contribution is 5.96. The van der Waals surface area contributed by atoms with Crippen LogP contribution in [0.15, 0.2) is 85.2 Å². The molecular weight excluding hydrogens is 582 g/mol. The van der Waals surface area contributed by atoms with Crippen molar-refractivity contribution in [2.45, 2.75) is 31.5 Å². The van der Waals surface area contributed by atoms with E-state index in [4.69, 9.17) is 14.2 Å². The van der Waals surface area contributed by atoms with Crippen LogP contribution in [0.3, 0.4) is 0 Å². The molecule has 0 spiro atoms. The Hall–Kier alpha value is -5.22. The van der Waals surface area contributed by atoms with Gasteiger partial charge in [-0.25, -0.2) is 0 Å². The van der Waals surface area contributed by atoms with E-state index in [2.05, 4.69) is 37.7 Å². The summed E-state index contributed by atoms with van der Waals surface area (Å²) in [6, 6.07) is 19.2. The molecular formula is C36H39N5O5. The number of amides is 2. The topological polar surface area (TPSA) is 121 Å². The molecule has 10 nitrogen and oxygen atoms in total. The maximum atomic E-state index is 15.0. The average molecular weight is 622 g/mol. The number of aromatic amines is 2. The Morgan fingerprint density at radius 2 is 1.59 bits per heavy atom. The molecule has 0 saturated heterocycles. The summed E-state index contributed by atoms with van der Waals surface area (Å²) < 4.78 is 16.5. The number of nitrogens with one attached hydrogen (secondary N) is 4. The zero-order chi connectivity index (χ0) is 32.3. The standard InChI is InChI=1S/C36H39N5O5/c1-23(42)40-36(41-14-8-5-9-15-41,31-22-38-32-11-7-6-10-28(31)32)34(30-21-37-33-13-12-25(44-2)19-29(30)33)35(43)39-20-24-16-26(45-3)18-27(17-24)46-4/h5-8,10-13,16-19,21-22,34,37-38H,9,14-15,20H2,1-4H3,(H,39,43)(H,40,42). The van der Waals surface area contributed by atoms with E-state index in [-0.39, 0.29) is 18.4 Å². The fraction of sp³-hybridized carbons (Fsp3) is 0.278. The van der Waals surface area contributed by atoms with Crippen LogP contribution in [-0.4, -0.2) is 61.1 Å². The number of benzene rings is 3. The largest absolute Gasteiger partial charge is 0.497 e. The van der Waals surface area contributed by atoms with Gasteiger partial charge in [-0.3, -0.25) is 14.5 Å². The summed E-state index contributed by atoms with van der Waals surface area (Å²) in [5.41, 5.74) is 2.80. The van der Waals surface area contributed by atoms with Gasteiger partial charge < -0.3 is 34.8 Å². The molecule has 0 aliphatic carbocycles. The Kier molecular flexibility index (Phi) is 8.72. The van der Waals surface area contributed by atoms with Crippen molar-refractivity contribution in [1.29, 1.82) is 0 Å². The quantitative estimate of drug-likeness (QED) is 0.148. The lowest BCUT2D eigenvalue weighted by molar-refractivity contribution is -0.132. The predicted molar refractivity (Wildman–Crippen MR) is 178 cm³/mol. The first-order chi connectivity index (χ1) is 22.4. The highest BCUT2D eigenvalue weighted by Gasteiger charge is 2.52. The Balaban J connectivity index is 1.58. The number of fused-ring (bicyclic) bond motifs is 2. The van der Waals surface area contributed by atoms with Crippen LogP contribution in [0.4, 0.5) is 0 Å². The van der Waals surface area contributed by atoms with Gasteiger partial charge in [0, 0.05) is 72.4 Å². The molecule has 3 heterocycles. The number of hydrogen-bond donors (Lipinski definition) is 4. The minimum Gasteiger partial charge on any atom is -0.497 e. The summed E-state index contributed by atoms with van der Waals surface area (Å²) in [7, 11) is 4.80. The van der Waals surface area contributed by atoms with Gasteiger partial charge in [0.15, 0.2) is 0 Å². The monoisotopic (exact) mass is 621 g/mol. The number of nitrogens with zero attached hydrogens (tertiary/aromatic N) is 1. The molecule has 238 valence electrons. The van der Waals surface area contributed by atoms with Crippen LogP contribution in [0.5, 0.6) is 17.2 Å². The first-order valence-corrected chi connectivity index (χ1v) is 15.3. The van der Waals surface area contributed by atoms with Crippen LogP contribution in [0, 0.1) is 0 Å². The second-order valence-electron chi connectivity index (χ2n) is 11.4. The van der Waals surface area contributed by atoms with Gasteiger partial charge in [0.25, 0.3) is 0 Å². The highest BCUT2D eigenvalue weighted by Crippen LogP contribution is 2.46. The molecule has 5 aromatic rings. The van der Waals surface area contributed by atoms with Crippen molar-refractivity contribution in [3.63, 3.8) is 0 Å². The Morgan fingerprint density at radius 3 is 2.28 bits per heavy atom. The molecule has 0 saturated carbocycles. The summed E-state index contributed by atoms with van der Waals surface area (Å²) in [6.45, 7) is 2.86. The van der Waals surface area contributed by atoms with Gasteiger partial charge in [0.2, 0.25) is 11.8 Å². The van der Waals surface area contributed by atoms with Crippen molar-refractivity contribution >= 4 is 33.6 Å². The number of methoxy groups -OCH3 is 3. The summed E-state index contributed by atoms with van der Waals surface area (Å²) in [5, 5.41) is 8.29. The number of aromatic nitrogens is 2. The molecule has 0 fully saturated rings. The van der Waals surface area contributed by atoms with Crippen molar-refractivity contribution in [1.82, 2.24) is 25.5 Å². The smallest absolute Gasteiger partial charge is 0.232 e. The maximum absolute atomic E-state index is 15.0. The molecule has 4 N–H and O–H groups in total. The zero-order valence-electron chi connectivity index (χ0n) is 26.5. The van der Waals surface area contributed by atoms with Gasteiger partial charge in [-0.1, -0.05) is 30.4 Å². The number of ether oxygens (including phenoxy) is 3. The van der Waals surface area contributed by atoms with E-state index < -0.39 is 11.6 Å². The maximum Gasteiger partial charge on any atom is 0.232 e. The Morgan fingerprint density at radius 1 is 0.870 bits per heavy atom. The number of H-pyrrole nitrogens is 2. The summed E-state index contributed by atoms with van der Waals surface area (Å²) in [4.78, 5) is 37.3. The van der Waals surface area contributed by atoms with Gasteiger partial charge >= 0.3 is 0 Å². The van der Waals surface area contributed by atoms with E-state index in [0.717, 1.165) is 44.9 Å². The third-order valence-corrected chi connectivity index (χ3v) is 8.71. The fourth-order valence-corrected chi connectivity index (χ4v) is 6.65. The molecule has 1 aliphatic heterocycles. The number of rotatable bonds is 11. The predicted octanol–water partition coefficient (Wildman–Crippen LogP) is 5.33. The Bertz CT molecular complexity index is 1890. The molecule has 6 rings (SSSR count). The second kappa shape index (κ2) is 13.0. The van der Waals surface area contributed by atoms with Crippen LogP contribution >= 0.6 is 0 Å². The molecule has 2 aromatic heterocycles. The molecule has 1 aliphatic rings. The lowest BCUT2D eigenvalue weighted by Gasteiger charge is -2.49. The van der Waals surface area contributed by atoms with Crippen LogP contribution in [0.1, 0.15) is 36.0 Å². The first-order valence-electron chi connectivity index (χ1n) is 15.3. The van der Waals surface area contributed by atoms with Gasteiger partial charge in [-0.05, 0) is 53.9 Å². The van der Waals surface area contributed by atoms with E-state index in [9.17, 15) is 9.59 Å². The molecule has 10 heteroatoms. The summed E-state index contributed by atoms with van der Waals surface area (Å²) in [6.07, 6.45) is 8.77. The highest BCUT2D eigenvalue weighted by atomic mass is 16.5. The van der Waals surface area contributed by atoms with Gasteiger partial charge in [-0.15, -0.1) is 0 Å². The molecule has 0 radical (unpaired) electrons. The molecule has 2 unspecified atom stereocenters. The third kappa shape index (κ3) is 5.67. The first kappa shape index (κ1) is 30.8. The molecule has 2 amide bonds. The number of carbonyl (C=O) groups excluding carboxylic acids is 2. The minimum absolute atomic E-state index is 0.207. The van der Waals surface area contributed by atoms with E-state index in [1.54, 1.807) is 27.4 Å². The molecule has 0 bridgehead atoms. The summed E-state index contributed by atoms with van der Waals surface area (Å²) in [5.74, 6) is 0.474. The zero-order valence-corrected chi connectivity index (χ0v) is 26.5. The van der Waals surface area contributed by atoms with Crippen molar-refractivity contribution < 1.29 is 23.8 Å². The number of carbonyl (C=O) groups is 2. The Labute approximate surface area is 267 Å². The molecule has 2 atom stereocenters. The second-order valence-corrected chi connectivity index (χ2v) is 11.4. The van der Waals surface area contributed by atoms with Gasteiger partial charge in [0.05, 0.1) is 21.3 Å². The average Bonchev–Trinajstić information content (AvgIpc) is 3.71. The third-order valence-electron chi connectivity index (χ3n) is 8.71. The van der Waals surface area contributed by atoms with Crippen LogP contribution in [-0.2, 0) is 21.8 Å².